The lowest BCUT2D eigenvalue weighted by Gasteiger charge is -2.64. The maximum Gasteiger partial charge on any atom is 0.312 e. The van der Waals surface area contributed by atoms with Crippen LogP contribution in [-0.2, 0) is 9.53 Å². The van der Waals surface area contributed by atoms with Crippen LogP contribution in [0.3, 0.4) is 0 Å². The van der Waals surface area contributed by atoms with Crippen molar-refractivity contribution < 1.29 is 9.53 Å². The Morgan fingerprint density at radius 3 is 2.00 bits per heavy atom. The van der Waals surface area contributed by atoms with Crippen LogP contribution in [-0.4, -0.2) is 12.1 Å². The molecule has 3 atom stereocenters. The summed E-state index contributed by atoms with van der Waals surface area (Å²) in [7, 11) is 0. The third-order valence-corrected chi connectivity index (χ3v) is 6.56. The molecule has 4 saturated carbocycles. The minimum atomic E-state index is -0.178. The summed E-state index contributed by atoms with van der Waals surface area (Å²) in [6.07, 6.45) is 7.13. The molecule has 0 spiro atoms. The molecule has 0 N–H and O–H groups in total. The van der Waals surface area contributed by atoms with Gasteiger partial charge in [-0.1, -0.05) is 34.6 Å². The van der Waals surface area contributed by atoms with Crippen LogP contribution < -0.4 is 0 Å². The summed E-state index contributed by atoms with van der Waals surface area (Å²) in [4.78, 5) is 13.0. The summed E-state index contributed by atoms with van der Waals surface area (Å²) in [6.45, 7) is 13.3. The lowest BCUT2D eigenvalue weighted by Crippen LogP contribution is -2.58. The molecule has 120 valence electrons. The van der Waals surface area contributed by atoms with Crippen LogP contribution in [0.2, 0.25) is 0 Å². The Labute approximate surface area is 130 Å². The van der Waals surface area contributed by atoms with Crippen LogP contribution in [0, 0.1) is 27.6 Å². The monoisotopic (exact) mass is 292 g/mol. The highest BCUT2D eigenvalue weighted by Crippen LogP contribution is 2.69. The first-order valence-electron chi connectivity index (χ1n) is 8.67. The van der Waals surface area contributed by atoms with Gasteiger partial charge < -0.3 is 4.74 Å². The van der Waals surface area contributed by atoms with Crippen LogP contribution in [0.15, 0.2) is 0 Å². The lowest BCUT2D eigenvalue weighted by atomic mass is 9.40. The van der Waals surface area contributed by atoms with Crippen molar-refractivity contribution in [1.82, 2.24) is 0 Å². The molecule has 4 bridgehead atoms. The van der Waals surface area contributed by atoms with Crippen LogP contribution >= 0.6 is 0 Å². The molecule has 0 aromatic heterocycles. The number of carbonyl (C=O) groups excluding carboxylic acids is 1. The maximum absolute atomic E-state index is 13.0. The van der Waals surface area contributed by atoms with Gasteiger partial charge in [0.25, 0.3) is 0 Å². The highest BCUT2D eigenvalue weighted by atomic mass is 16.5. The predicted molar refractivity (Wildman–Crippen MR) is 84.8 cm³/mol. The van der Waals surface area contributed by atoms with Crippen LogP contribution in [0.25, 0.3) is 0 Å². The average molecular weight is 292 g/mol. The molecule has 0 aromatic carbocycles. The van der Waals surface area contributed by atoms with Gasteiger partial charge in [0.15, 0.2) is 0 Å². The van der Waals surface area contributed by atoms with Gasteiger partial charge in [-0.25, -0.2) is 0 Å². The summed E-state index contributed by atoms with van der Waals surface area (Å²) in [5.74, 6) is 0.847. The van der Waals surface area contributed by atoms with E-state index in [-0.39, 0.29) is 22.9 Å². The molecule has 0 amide bonds. The number of ether oxygens (including phenoxy) is 1. The van der Waals surface area contributed by atoms with E-state index < -0.39 is 0 Å². The second-order valence-electron chi connectivity index (χ2n) is 10.3. The number of carbonyl (C=O) groups is 1. The molecular formula is C19H32O2. The van der Waals surface area contributed by atoms with Gasteiger partial charge in [-0.15, -0.1) is 0 Å². The highest BCUT2D eigenvalue weighted by Gasteiger charge is 2.63. The highest BCUT2D eigenvalue weighted by molar-refractivity contribution is 5.78. The van der Waals surface area contributed by atoms with Crippen molar-refractivity contribution >= 4 is 5.97 Å². The van der Waals surface area contributed by atoms with Crippen molar-refractivity contribution in [3.63, 3.8) is 0 Å². The third kappa shape index (κ3) is 2.53. The molecule has 0 heterocycles. The smallest absolute Gasteiger partial charge is 0.312 e. The molecule has 4 rings (SSSR count). The van der Waals surface area contributed by atoms with Gasteiger partial charge in [0.2, 0.25) is 0 Å². The molecule has 2 heteroatoms. The van der Waals surface area contributed by atoms with Crippen LogP contribution in [0.1, 0.15) is 80.1 Å². The normalized spacial score (nSPS) is 46.5. The minimum absolute atomic E-state index is 0.0152. The van der Waals surface area contributed by atoms with Crippen molar-refractivity contribution in [2.75, 3.05) is 0 Å². The Balaban J connectivity index is 1.83. The van der Waals surface area contributed by atoms with Gasteiger partial charge in [0.05, 0.1) is 5.41 Å². The van der Waals surface area contributed by atoms with E-state index in [2.05, 4.69) is 34.6 Å². The zero-order chi connectivity index (χ0) is 15.7. The molecule has 21 heavy (non-hydrogen) atoms. The molecule has 0 saturated heterocycles. The van der Waals surface area contributed by atoms with E-state index in [0.29, 0.717) is 10.8 Å². The Hall–Kier alpha value is -0.530. The van der Waals surface area contributed by atoms with Gasteiger partial charge in [-0.05, 0) is 67.6 Å². The summed E-state index contributed by atoms with van der Waals surface area (Å²) in [5.41, 5.74) is 0.588. The molecule has 2 nitrogen and oxygen atoms in total. The quantitative estimate of drug-likeness (QED) is 0.672. The SMILES string of the molecule is CC(OC(=O)C12CC3CC(C)(CC(C)(C3)C1)C2)C(C)(C)C. The summed E-state index contributed by atoms with van der Waals surface area (Å²) < 4.78 is 5.95. The zero-order valence-corrected chi connectivity index (χ0v) is 14.7. The van der Waals surface area contributed by atoms with Gasteiger partial charge in [-0.2, -0.15) is 0 Å². The van der Waals surface area contributed by atoms with E-state index in [0.717, 1.165) is 25.2 Å². The van der Waals surface area contributed by atoms with Crippen molar-refractivity contribution in [1.29, 1.82) is 0 Å². The largest absolute Gasteiger partial charge is 0.462 e. The predicted octanol–water partition coefficient (Wildman–Crippen LogP) is 4.96. The lowest BCUT2D eigenvalue weighted by molar-refractivity contribution is -0.198. The van der Waals surface area contributed by atoms with E-state index in [9.17, 15) is 4.79 Å². The zero-order valence-electron chi connectivity index (χ0n) is 14.7. The van der Waals surface area contributed by atoms with Crippen LogP contribution in [0.4, 0.5) is 0 Å². The fourth-order valence-electron chi connectivity index (χ4n) is 6.14. The fourth-order valence-corrected chi connectivity index (χ4v) is 6.14. The number of hydrogen-bond acceptors (Lipinski definition) is 2. The molecular weight excluding hydrogens is 260 g/mol. The van der Waals surface area contributed by atoms with Crippen molar-refractivity contribution in [3.05, 3.63) is 0 Å². The van der Waals surface area contributed by atoms with E-state index >= 15 is 0 Å². The van der Waals surface area contributed by atoms with E-state index in [1.807, 2.05) is 6.92 Å². The van der Waals surface area contributed by atoms with Gasteiger partial charge >= 0.3 is 5.97 Å². The number of hydrogen-bond donors (Lipinski definition) is 0. The molecule has 0 aromatic rings. The Bertz CT molecular complexity index is 441. The van der Waals surface area contributed by atoms with Gasteiger partial charge in [-0.3, -0.25) is 4.79 Å². The Morgan fingerprint density at radius 2 is 1.57 bits per heavy atom. The summed E-state index contributed by atoms with van der Waals surface area (Å²) in [6, 6.07) is 0. The Morgan fingerprint density at radius 1 is 1.05 bits per heavy atom. The number of esters is 1. The van der Waals surface area contributed by atoms with E-state index in [1.165, 1.54) is 19.3 Å². The molecule has 0 aliphatic heterocycles. The third-order valence-electron chi connectivity index (χ3n) is 6.56. The summed E-state index contributed by atoms with van der Waals surface area (Å²) in [5, 5.41) is 0. The maximum atomic E-state index is 13.0. The van der Waals surface area contributed by atoms with Gasteiger partial charge in [0.1, 0.15) is 6.10 Å². The molecule has 4 aliphatic carbocycles. The second-order valence-corrected chi connectivity index (χ2v) is 10.3. The molecule has 3 unspecified atom stereocenters. The fraction of sp³-hybridized carbons (Fsp3) is 0.947. The van der Waals surface area contributed by atoms with Crippen molar-refractivity contribution in [3.8, 4) is 0 Å². The topological polar surface area (TPSA) is 26.3 Å². The first-order chi connectivity index (χ1) is 9.46. The second kappa shape index (κ2) is 4.26. The molecule has 4 fully saturated rings. The standard InChI is InChI=1S/C19H32O2/c1-13(16(2,3)4)21-15(20)19-9-14-7-17(5,11-19)10-18(6,8-14)12-19/h13-14H,7-12H2,1-6H3. The Kier molecular flexibility index (Phi) is 3.12. The molecule has 0 radical (unpaired) electrons. The summed E-state index contributed by atoms with van der Waals surface area (Å²) >= 11 is 0. The van der Waals surface area contributed by atoms with E-state index in [4.69, 9.17) is 4.74 Å². The number of rotatable bonds is 2. The van der Waals surface area contributed by atoms with Crippen molar-refractivity contribution in [2.45, 2.75) is 86.2 Å². The first kappa shape index (κ1) is 15.4. The van der Waals surface area contributed by atoms with Gasteiger partial charge in [0, 0.05) is 0 Å². The van der Waals surface area contributed by atoms with E-state index in [1.54, 1.807) is 0 Å². The minimum Gasteiger partial charge on any atom is -0.462 e. The van der Waals surface area contributed by atoms with Crippen molar-refractivity contribution in [2.24, 2.45) is 27.6 Å². The average Bonchev–Trinajstić information content (AvgIpc) is 2.21. The molecule has 4 aliphatic rings. The first-order valence-corrected chi connectivity index (χ1v) is 8.67. The van der Waals surface area contributed by atoms with Crippen LogP contribution in [0.5, 0.6) is 0 Å².